The van der Waals surface area contributed by atoms with E-state index in [1.165, 1.54) is 6.21 Å². The van der Waals surface area contributed by atoms with Crippen LogP contribution in [0.15, 0.2) is 17.5 Å². The quantitative estimate of drug-likeness (QED) is 0.587. The van der Waals surface area contributed by atoms with E-state index in [0.717, 1.165) is 18.8 Å². The summed E-state index contributed by atoms with van der Waals surface area (Å²) in [7, 11) is 0. The minimum Gasteiger partial charge on any atom is -0.386 e. The maximum atomic E-state index is 12.5. The number of hydrogen-bond acceptors (Lipinski definition) is 7. The standard InChI is InChI=1S/C15H21F3N6O2/c1-2-12(19)9-22-26-10-13(25)23-3-5-24(6-4-23)14-20-7-11(8-21-14)15(16,17)18/h7-9,12H,2-6,10,19H2,1H3/b22-9+/t12-/m0/s1. The zero-order valence-electron chi connectivity index (χ0n) is 14.3. The van der Waals surface area contributed by atoms with Crippen LogP contribution in [-0.4, -0.2) is 65.8 Å². The summed E-state index contributed by atoms with van der Waals surface area (Å²) in [6, 6.07) is -0.211. The number of nitrogens with two attached hydrogens (primary N) is 1. The van der Waals surface area contributed by atoms with Gasteiger partial charge in [-0.1, -0.05) is 12.1 Å². The van der Waals surface area contributed by atoms with Gasteiger partial charge in [0.2, 0.25) is 5.95 Å². The van der Waals surface area contributed by atoms with Gasteiger partial charge >= 0.3 is 6.18 Å². The summed E-state index contributed by atoms with van der Waals surface area (Å²) in [6.45, 7) is 3.34. The molecule has 1 aliphatic heterocycles. The van der Waals surface area contributed by atoms with E-state index in [1.54, 1.807) is 9.80 Å². The molecule has 11 heteroatoms. The normalized spacial score (nSPS) is 16.8. The molecule has 144 valence electrons. The van der Waals surface area contributed by atoms with Crippen molar-refractivity contribution in [2.75, 3.05) is 37.7 Å². The average molecular weight is 374 g/mol. The number of piperazine rings is 1. The Hall–Kier alpha value is -2.43. The predicted molar refractivity (Wildman–Crippen MR) is 88.5 cm³/mol. The summed E-state index contributed by atoms with van der Waals surface area (Å²) in [5, 5.41) is 3.65. The minimum absolute atomic E-state index is 0.191. The first kappa shape index (κ1) is 19.9. The molecule has 8 nitrogen and oxygen atoms in total. The van der Waals surface area contributed by atoms with Crippen LogP contribution >= 0.6 is 0 Å². The van der Waals surface area contributed by atoms with Crippen molar-refractivity contribution in [2.24, 2.45) is 10.9 Å². The zero-order chi connectivity index (χ0) is 19.2. The Morgan fingerprint density at radius 1 is 1.35 bits per heavy atom. The second-order valence-electron chi connectivity index (χ2n) is 5.74. The zero-order valence-corrected chi connectivity index (χ0v) is 14.3. The minimum atomic E-state index is -4.47. The van der Waals surface area contributed by atoms with Gasteiger partial charge in [-0.05, 0) is 6.42 Å². The molecule has 1 atom stereocenters. The third kappa shape index (κ3) is 5.55. The summed E-state index contributed by atoms with van der Waals surface area (Å²) >= 11 is 0. The van der Waals surface area contributed by atoms with Gasteiger partial charge in [-0.3, -0.25) is 4.79 Å². The van der Waals surface area contributed by atoms with Crippen LogP contribution in [0.2, 0.25) is 0 Å². The lowest BCUT2D eigenvalue weighted by molar-refractivity contribution is -0.138. The summed E-state index contributed by atoms with van der Waals surface area (Å²) in [4.78, 5) is 27.8. The summed E-state index contributed by atoms with van der Waals surface area (Å²) in [5.41, 5.74) is 4.74. The molecule has 0 spiro atoms. The van der Waals surface area contributed by atoms with E-state index in [-0.39, 0.29) is 24.5 Å². The molecule has 2 N–H and O–H groups in total. The van der Waals surface area contributed by atoms with Crippen molar-refractivity contribution in [3.8, 4) is 0 Å². The first-order valence-electron chi connectivity index (χ1n) is 8.14. The third-order valence-electron chi connectivity index (χ3n) is 3.87. The van der Waals surface area contributed by atoms with E-state index in [4.69, 9.17) is 10.6 Å². The van der Waals surface area contributed by atoms with E-state index in [2.05, 4.69) is 15.1 Å². The van der Waals surface area contributed by atoms with Crippen molar-refractivity contribution in [1.82, 2.24) is 14.9 Å². The largest absolute Gasteiger partial charge is 0.419 e. The number of oxime groups is 1. The molecule has 0 unspecified atom stereocenters. The van der Waals surface area contributed by atoms with Gasteiger partial charge in [0, 0.05) is 44.6 Å². The molecule has 1 fully saturated rings. The molecule has 0 aliphatic carbocycles. The molecule has 2 heterocycles. The smallest absolute Gasteiger partial charge is 0.386 e. The number of carbonyl (C=O) groups is 1. The summed E-state index contributed by atoms with van der Waals surface area (Å²) < 4.78 is 37.6. The molecule has 1 aliphatic rings. The van der Waals surface area contributed by atoms with Gasteiger partial charge in [-0.2, -0.15) is 13.2 Å². The van der Waals surface area contributed by atoms with Crippen LogP contribution in [0.25, 0.3) is 0 Å². The third-order valence-corrected chi connectivity index (χ3v) is 3.87. The highest BCUT2D eigenvalue weighted by molar-refractivity contribution is 5.77. The van der Waals surface area contributed by atoms with Gasteiger partial charge in [-0.25, -0.2) is 9.97 Å². The van der Waals surface area contributed by atoms with Gasteiger partial charge < -0.3 is 20.4 Å². The van der Waals surface area contributed by atoms with Crippen molar-refractivity contribution in [3.05, 3.63) is 18.0 Å². The molecule has 26 heavy (non-hydrogen) atoms. The van der Waals surface area contributed by atoms with Crippen molar-refractivity contribution in [3.63, 3.8) is 0 Å². The van der Waals surface area contributed by atoms with Crippen molar-refractivity contribution in [2.45, 2.75) is 25.6 Å². The Morgan fingerprint density at radius 3 is 2.50 bits per heavy atom. The highest BCUT2D eigenvalue weighted by Gasteiger charge is 2.32. The molecule has 0 radical (unpaired) electrons. The summed E-state index contributed by atoms with van der Waals surface area (Å²) in [5.74, 6) is -0.0142. The molecule has 1 amide bonds. The van der Waals surface area contributed by atoms with E-state index >= 15 is 0 Å². The lowest BCUT2D eigenvalue weighted by atomic mass is 10.3. The molecule has 0 aromatic carbocycles. The molecule has 1 aromatic heterocycles. The number of hydrogen-bond donors (Lipinski definition) is 1. The number of alkyl halides is 3. The van der Waals surface area contributed by atoms with Crippen LogP contribution in [0.5, 0.6) is 0 Å². The monoisotopic (exact) mass is 374 g/mol. The number of carbonyl (C=O) groups excluding carboxylic acids is 1. The van der Waals surface area contributed by atoms with E-state index in [9.17, 15) is 18.0 Å². The first-order valence-corrected chi connectivity index (χ1v) is 8.14. The van der Waals surface area contributed by atoms with Gasteiger partial charge in [0.1, 0.15) is 0 Å². The number of halogens is 3. The second kappa shape index (κ2) is 8.79. The predicted octanol–water partition coefficient (Wildman–Crippen LogP) is 0.884. The number of amides is 1. The van der Waals surface area contributed by atoms with Crippen molar-refractivity contribution >= 4 is 18.1 Å². The average Bonchev–Trinajstić information content (AvgIpc) is 2.64. The fourth-order valence-corrected chi connectivity index (χ4v) is 2.20. The lowest BCUT2D eigenvalue weighted by Crippen LogP contribution is -2.50. The maximum Gasteiger partial charge on any atom is 0.419 e. The molecular weight excluding hydrogens is 353 g/mol. The van der Waals surface area contributed by atoms with Gasteiger partial charge in [0.15, 0.2) is 6.61 Å². The van der Waals surface area contributed by atoms with Gasteiger partial charge in [-0.15, -0.1) is 0 Å². The van der Waals surface area contributed by atoms with Crippen LogP contribution in [0.4, 0.5) is 19.1 Å². The van der Waals surface area contributed by atoms with E-state index < -0.39 is 11.7 Å². The molecule has 1 aromatic rings. The molecule has 0 bridgehead atoms. The Labute approximate surface area is 148 Å². The fraction of sp³-hybridized carbons (Fsp3) is 0.600. The second-order valence-corrected chi connectivity index (χ2v) is 5.74. The highest BCUT2D eigenvalue weighted by Crippen LogP contribution is 2.28. The first-order chi connectivity index (χ1) is 12.3. The fourth-order valence-electron chi connectivity index (χ4n) is 2.20. The topological polar surface area (TPSA) is 96.9 Å². The molecular formula is C15H21F3N6O2. The number of rotatable bonds is 6. The van der Waals surface area contributed by atoms with Crippen LogP contribution in [0.3, 0.4) is 0 Å². The Morgan fingerprint density at radius 2 is 1.96 bits per heavy atom. The molecule has 0 saturated carbocycles. The van der Waals surface area contributed by atoms with E-state index in [0.29, 0.717) is 26.2 Å². The number of aromatic nitrogens is 2. The van der Waals surface area contributed by atoms with Crippen LogP contribution in [-0.2, 0) is 15.8 Å². The summed E-state index contributed by atoms with van der Waals surface area (Å²) in [6.07, 6.45) is -0.797. The van der Waals surface area contributed by atoms with Crippen molar-refractivity contribution in [1.29, 1.82) is 0 Å². The number of anilines is 1. The highest BCUT2D eigenvalue weighted by atomic mass is 19.4. The Bertz CT molecular complexity index is 615. The van der Waals surface area contributed by atoms with Crippen molar-refractivity contribution < 1.29 is 22.8 Å². The Kier molecular flexibility index (Phi) is 6.72. The van der Waals surface area contributed by atoms with E-state index in [1.807, 2.05) is 6.92 Å². The SMILES string of the molecule is CC[C@H](N)/C=N/OCC(=O)N1CCN(c2ncc(C(F)(F)F)cn2)CC1. The Balaban J connectivity index is 1.79. The van der Waals surface area contributed by atoms with Gasteiger partial charge in [0.25, 0.3) is 5.91 Å². The van der Waals surface area contributed by atoms with Gasteiger partial charge in [0.05, 0.1) is 11.8 Å². The van der Waals surface area contributed by atoms with Crippen LogP contribution in [0, 0.1) is 0 Å². The van der Waals surface area contributed by atoms with Crippen LogP contribution < -0.4 is 10.6 Å². The molecule has 1 saturated heterocycles. The maximum absolute atomic E-state index is 12.5. The molecule has 2 rings (SSSR count). The number of nitrogens with zero attached hydrogens (tertiary/aromatic N) is 5. The lowest BCUT2D eigenvalue weighted by Gasteiger charge is -2.34. The van der Waals surface area contributed by atoms with Crippen LogP contribution in [0.1, 0.15) is 18.9 Å².